The molecule has 0 aliphatic rings. The van der Waals surface area contributed by atoms with Crippen molar-refractivity contribution in [3.05, 3.63) is 53.9 Å². The molecule has 2 aromatic rings. The number of nitrogen functional groups attached to an aromatic ring is 1. The summed E-state index contributed by atoms with van der Waals surface area (Å²) < 4.78 is 5.73. The van der Waals surface area contributed by atoms with Crippen molar-refractivity contribution in [2.24, 2.45) is 5.73 Å². The Labute approximate surface area is 112 Å². The molecule has 0 radical (unpaired) electrons. The zero-order valence-electron chi connectivity index (χ0n) is 11.1. The second-order valence-corrected chi connectivity index (χ2v) is 4.62. The van der Waals surface area contributed by atoms with Gasteiger partial charge in [-0.25, -0.2) is 4.98 Å². The highest BCUT2D eigenvalue weighted by Crippen LogP contribution is 2.24. The lowest BCUT2D eigenvalue weighted by Crippen LogP contribution is -2.12. The molecule has 2 rings (SSSR count). The number of benzene rings is 1. The molecule has 0 saturated carbocycles. The Morgan fingerprint density at radius 1 is 1.21 bits per heavy atom. The molecule has 0 atom stereocenters. The zero-order chi connectivity index (χ0) is 13.8. The van der Waals surface area contributed by atoms with Crippen LogP contribution in [0.4, 0.5) is 0 Å². The van der Waals surface area contributed by atoms with Gasteiger partial charge in [-0.15, -0.1) is 0 Å². The van der Waals surface area contributed by atoms with Crippen molar-refractivity contribution in [1.82, 2.24) is 4.98 Å². The quantitative estimate of drug-likeness (QED) is 0.650. The average molecular weight is 255 g/mol. The number of hydrogen-bond acceptors (Lipinski definition) is 3. The molecular weight excluding hydrogens is 238 g/mol. The molecule has 0 fully saturated rings. The van der Waals surface area contributed by atoms with Crippen molar-refractivity contribution in [2.75, 3.05) is 0 Å². The monoisotopic (exact) mass is 255 g/mol. The molecule has 19 heavy (non-hydrogen) atoms. The molecule has 0 spiro atoms. The average Bonchev–Trinajstić information content (AvgIpc) is 2.39. The van der Waals surface area contributed by atoms with Gasteiger partial charge in [0.05, 0.1) is 6.20 Å². The van der Waals surface area contributed by atoms with Gasteiger partial charge in [0.1, 0.15) is 23.0 Å². The number of amidine groups is 1. The van der Waals surface area contributed by atoms with E-state index in [2.05, 4.69) is 24.9 Å². The van der Waals surface area contributed by atoms with Gasteiger partial charge < -0.3 is 10.5 Å². The Bertz CT molecular complexity index is 576. The van der Waals surface area contributed by atoms with Gasteiger partial charge in [-0.05, 0) is 35.7 Å². The lowest BCUT2D eigenvalue weighted by molar-refractivity contribution is 0.479. The first-order chi connectivity index (χ1) is 9.06. The number of nitrogens with one attached hydrogen (secondary N) is 1. The smallest absolute Gasteiger partial charge is 0.145 e. The van der Waals surface area contributed by atoms with Gasteiger partial charge in [0, 0.05) is 0 Å². The highest BCUT2D eigenvalue weighted by molar-refractivity contribution is 5.92. The first kappa shape index (κ1) is 13.1. The summed E-state index contributed by atoms with van der Waals surface area (Å²) in [7, 11) is 0. The molecule has 4 heteroatoms. The van der Waals surface area contributed by atoms with Crippen LogP contribution in [-0.2, 0) is 0 Å². The van der Waals surface area contributed by atoms with Crippen molar-refractivity contribution >= 4 is 5.84 Å². The zero-order valence-corrected chi connectivity index (χ0v) is 11.1. The molecule has 0 bridgehead atoms. The number of pyridine rings is 1. The predicted molar refractivity (Wildman–Crippen MR) is 75.9 cm³/mol. The molecule has 4 nitrogen and oxygen atoms in total. The van der Waals surface area contributed by atoms with Crippen molar-refractivity contribution in [3.63, 3.8) is 0 Å². The van der Waals surface area contributed by atoms with E-state index >= 15 is 0 Å². The van der Waals surface area contributed by atoms with Crippen molar-refractivity contribution in [1.29, 1.82) is 5.41 Å². The van der Waals surface area contributed by atoms with Crippen molar-refractivity contribution in [3.8, 4) is 11.5 Å². The lowest BCUT2D eigenvalue weighted by Gasteiger charge is -2.09. The molecule has 0 amide bonds. The first-order valence-electron chi connectivity index (χ1n) is 6.14. The molecule has 98 valence electrons. The van der Waals surface area contributed by atoms with E-state index in [1.54, 1.807) is 18.3 Å². The summed E-state index contributed by atoms with van der Waals surface area (Å²) in [5.74, 6) is 1.82. The Morgan fingerprint density at radius 3 is 2.58 bits per heavy atom. The number of ether oxygens (including phenoxy) is 1. The normalized spacial score (nSPS) is 10.5. The second kappa shape index (κ2) is 5.52. The SMILES string of the molecule is CC(C)c1cccc(Oc2ccc(C(=N)N)nc2)c1. The maximum absolute atomic E-state index is 7.28. The van der Waals surface area contributed by atoms with Gasteiger partial charge in [-0.3, -0.25) is 5.41 Å². The van der Waals surface area contributed by atoms with Crippen LogP contribution in [0.25, 0.3) is 0 Å². The molecule has 3 N–H and O–H groups in total. The lowest BCUT2D eigenvalue weighted by atomic mass is 10.0. The Morgan fingerprint density at radius 2 is 2.00 bits per heavy atom. The summed E-state index contributed by atoms with van der Waals surface area (Å²) in [6.45, 7) is 4.28. The molecule has 0 saturated heterocycles. The van der Waals surface area contributed by atoms with Gasteiger partial charge in [0.25, 0.3) is 0 Å². The van der Waals surface area contributed by atoms with Crippen LogP contribution in [0.3, 0.4) is 0 Å². The van der Waals surface area contributed by atoms with Crippen LogP contribution in [-0.4, -0.2) is 10.8 Å². The number of nitrogens with two attached hydrogens (primary N) is 1. The number of aromatic nitrogens is 1. The minimum absolute atomic E-state index is 0.0478. The minimum Gasteiger partial charge on any atom is -0.456 e. The fourth-order valence-corrected chi connectivity index (χ4v) is 1.67. The first-order valence-corrected chi connectivity index (χ1v) is 6.14. The van der Waals surface area contributed by atoms with Crippen LogP contribution in [0.15, 0.2) is 42.6 Å². The molecule has 1 heterocycles. The third kappa shape index (κ3) is 3.31. The summed E-state index contributed by atoms with van der Waals surface area (Å²) in [5, 5.41) is 7.28. The van der Waals surface area contributed by atoms with Crippen LogP contribution < -0.4 is 10.5 Å². The Hall–Kier alpha value is -2.36. The molecule has 1 aromatic heterocycles. The largest absolute Gasteiger partial charge is 0.456 e. The topological polar surface area (TPSA) is 72.0 Å². The van der Waals surface area contributed by atoms with Crippen LogP contribution in [0.2, 0.25) is 0 Å². The van der Waals surface area contributed by atoms with Gasteiger partial charge >= 0.3 is 0 Å². The summed E-state index contributed by atoms with van der Waals surface area (Å²) in [5.41, 5.74) is 7.02. The van der Waals surface area contributed by atoms with E-state index in [1.807, 2.05) is 18.2 Å². The van der Waals surface area contributed by atoms with Crippen LogP contribution in [0.1, 0.15) is 31.0 Å². The van der Waals surface area contributed by atoms with Gasteiger partial charge in [-0.2, -0.15) is 0 Å². The van der Waals surface area contributed by atoms with Gasteiger partial charge in [0.2, 0.25) is 0 Å². The second-order valence-electron chi connectivity index (χ2n) is 4.62. The van der Waals surface area contributed by atoms with E-state index in [4.69, 9.17) is 15.9 Å². The third-order valence-corrected chi connectivity index (χ3v) is 2.77. The van der Waals surface area contributed by atoms with E-state index < -0.39 is 0 Å². The fraction of sp³-hybridized carbons (Fsp3) is 0.200. The molecule has 1 aromatic carbocycles. The highest BCUT2D eigenvalue weighted by Gasteiger charge is 2.03. The summed E-state index contributed by atoms with van der Waals surface area (Å²) in [6, 6.07) is 11.4. The Kier molecular flexibility index (Phi) is 3.80. The van der Waals surface area contributed by atoms with E-state index in [0.29, 0.717) is 17.4 Å². The van der Waals surface area contributed by atoms with E-state index in [0.717, 1.165) is 5.75 Å². The number of hydrogen-bond donors (Lipinski definition) is 2. The summed E-state index contributed by atoms with van der Waals surface area (Å²) >= 11 is 0. The number of nitrogens with zero attached hydrogens (tertiary/aromatic N) is 1. The van der Waals surface area contributed by atoms with Crippen LogP contribution in [0, 0.1) is 5.41 Å². The molecule has 0 aliphatic heterocycles. The Balaban J connectivity index is 2.16. The fourth-order valence-electron chi connectivity index (χ4n) is 1.67. The number of rotatable bonds is 4. The van der Waals surface area contributed by atoms with Gasteiger partial charge in [-0.1, -0.05) is 26.0 Å². The predicted octanol–water partition coefficient (Wildman–Crippen LogP) is 3.28. The third-order valence-electron chi connectivity index (χ3n) is 2.77. The minimum atomic E-state index is -0.0478. The van der Waals surface area contributed by atoms with Crippen LogP contribution >= 0.6 is 0 Å². The van der Waals surface area contributed by atoms with Crippen molar-refractivity contribution in [2.45, 2.75) is 19.8 Å². The molecule has 0 aliphatic carbocycles. The standard InChI is InChI=1S/C15H17N3O/c1-10(2)11-4-3-5-12(8-11)19-13-6-7-14(15(16)17)18-9-13/h3-10H,1-2H3,(H3,16,17). The summed E-state index contributed by atoms with van der Waals surface area (Å²) in [4.78, 5) is 4.06. The van der Waals surface area contributed by atoms with Crippen molar-refractivity contribution < 1.29 is 4.74 Å². The van der Waals surface area contributed by atoms with E-state index in [1.165, 1.54) is 5.56 Å². The maximum Gasteiger partial charge on any atom is 0.145 e. The summed E-state index contributed by atoms with van der Waals surface area (Å²) in [6.07, 6.45) is 1.57. The molecular formula is C15H17N3O. The maximum atomic E-state index is 7.28. The van der Waals surface area contributed by atoms with Crippen LogP contribution in [0.5, 0.6) is 11.5 Å². The molecule has 0 unspecified atom stereocenters. The van der Waals surface area contributed by atoms with E-state index in [-0.39, 0.29) is 5.84 Å². The highest BCUT2D eigenvalue weighted by atomic mass is 16.5. The van der Waals surface area contributed by atoms with E-state index in [9.17, 15) is 0 Å². The van der Waals surface area contributed by atoms with Gasteiger partial charge in [0.15, 0.2) is 0 Å².